The number of carbonyl (C=O) groups excluding carboxylic acids is 1. The van der Waals surface area contributed by atoms with Gasteiger partial charge in [-0.05, 0) is 60.9 Å². The Kier molecular flexibility index (Phi) is 10.5. The third-order valence-electron chi connectivity index (χ3n) is 6.02. The summed E-state index contributed by atoms with van der Waals surface area (Å²) in [5.74, 6) is -0.961. The predicted molar refractivity (Wildman–Crippen MR) is 160 cm³/mol. The molecule has 1 fully saturated rings. The van der Waals surface area contributed by atoms with Crippen LogP contribution in [-0.4, -0.2) is 52.1 Å². The van der Waals surface area contributed by atoms with Gasteiger partial charge in [0, 0.05) is 6.42 Å². The fourth-order valence-corrected chi connectivity index (χ4v) is 5.23. The molecule has 1 amide bonds. The molecule has 0 radical (unpaired) electrons. The number of aliphatic carboxylic acids is 1. The molecule has 214 valence electrons. The lowest BCUT2D eigenvalue weighted by Crippen LogP contribution is -2.33. The highest BCUT2D eigenvalue weighted by molar-refractivity contribution is 8.26. The molecule has 0 aromatic heterocycles. The summed E-state index contributed by atoms with van der Waals surface area (Å²) in [4.78, 5) is 25.3. The van der Waals surface area contributed by atoms with Crippen LogP contribution in [0, 0.1) is 5.82 Å². The summed E-state index contributed by atoms with van der Waals surface area (Å²) >= 11 is 6.27. The van der Waals surface area contributed by atoms with Crippen LogP contribution in [0.4, 0.5) is 4.39 Å². The number of halogens is 1. The molecule has 41 heavy (non-hydrogen) atoms. The first kappa shape index (κ1) is 30.2. The largest absolute Gasteiger partial charge is 0.489 e. The average molecular weight is 596 g/mol. The van der Waals surface area contributed by atoms with Gasteiger partial charge in [0.15, 0.2) is 11.5 Å². The van der Waals surface area contributed by atoms with E-state index in [1.807, 2.05) is 44.2 Å². The van der Waals surface area contributed by atoms with Crippen molar-refractivity contribution in [3.05, 3.63) is 100 Å². The number of carboxylic acid groups (broad SMARTS) is 1. The minimum Gasteiger partial charge on any atom is -0.489 e. The lowest BCUT2D eigenvalue weighted by atomic mass is 10.1. The van der Waals surface area contributed by atoms with Crippen molar-refractivity contribution < 1.29 is 33.3 Å². The van der Waals surface area contributed by atoms with E-state index in [0.29, 0.717) is 41.6 Å². The Hall–Kier alpha value is -3.73. The van der Waals surface area contributed by atoms with Gasteiger partial charge in [-0.1, -0.05) is 72.5 Å². The molecule has 0 bridgehead atoms. The van der Waals surface area contributed by atoms with Crippen LogP contribution in [0.2, 0.25) is 0 Å². The minimum atomic E-state index is -1.14. The maximum absolute atomic E-state index is 13.3. The van der Waals surface area contributed by atoms with Crippen molar-refractivity contribution in [2.24, 2.45) is 0 Å². The van der Waals surface area contributed by atoms with Crippen molar-refractivity contribution in [1.82, 2.24) is 4.90 Å². The van der Waals surface area contributed by atoms with Crippen LogP contribution in [0.15, 0.2) is 77.7 Å². The van der Waals surface area contributed by atoms with Gasteiger partial charge < -0.3 is 19.3 Å². The maximum atomic E-state index is 13.3. The van der Waals surface area contributed by atoms with Gasteiger partial charge in [-0.15, -0.1) is 0 Å². The van der Waals surface area contributed by atoms with Gasteiger partial charge in [0.05, 0.1) is 24.2 Å². The van der Waals surface area contributed by atoms with Gasteiger partial charge in [-0.25, -0.2) is 4.39 Å². The second kappa shape index (κ2) is 14.2. The van der Waals surface area contributed by atoms with E-state index >= 15 is 0 Å². The van der Waals surface area contributed by atoms with Crippen molar-refractivity contribution in [1.29, 1.82) is 0 Å². The van der Waals surface area contributed by atoms with Crippen LogP contribution in [0.3, 0.4) is 0 Å². The molecular formula is C31H30FNO6S2. The first-order chi connectivity index (χ1) is 19.7. The SMILES string of the molecule is CC(C)OCC(Oc1cc(C=C2SC(=S)N(CC(=O)O)C2=O)ccc1OCCc1ccc(F)cc1)c1ccccc1. The van der Waals surface area contributed by atoms with Crippen LogP contribution in [0.5, 0.6) is 11.5 Å². The molecule has 1 saturated heterocycles. The van der Waals surface area contributed by atoms with Crippen LogP contribution < -0.4 is 9.47 Å². The van der Waals surface area contributed by atoms with Crippen molar-refractivity contribution in [2.75, 3.05) is 19.8 Å². The number of thioether (sulfide) groups is 1. The third kappa shape index (κ3) is 8.63. The fraction of sp³-hybridized carbons (Fsp3) is 0.258. The van der Waals surface area contributed by atoms with E-state index in [1.165, 1.54) is 12.1 Å². The summed E-state index contributed by atoms with van der Waals surface area (Å²) in [5, 5.41) is 9.12. The molecule has 10 heteroatoms. The number of carbonyl (C=O) groups is 2. The number of nitrogens with zero attached hydrogens (tertiary/aromatic N) is 1. The van der Waals surface area contributed by atoms with E-state index in [0.717, 1.165) is 27.8 Å². The Labute approximate surface area is 247 Å². The highest BCUT2D eigenvalue weighted by Crippen LogP contribution is 2.36. The van der Waals surface area contributed by atoms with Crippen molar-refractivity contribution in [2.45, 2.75) is 32.5 Å². The Morgan fingerprint density at radius 3 is 2.49 bits per heavy atom. The quantitative estimate of drug-likeness (QED) is 0.183. The molecule has 3 aromatic carbocycles. The predicted octanol–water partition coefficient (Wildman–Crippen LogP) is 6.28. The van der Waals surface area contributed by atoms with E-state index in [9.17, 15) is 14.0 Å². The Morgan fingerprint density at radius 2 is 1.80 bits per heavy atom. The number of hydrogen-bond donors (Lipinski definition) is 1. The summed E-state index contributed by atoms with van der Waals surface area (Å²) in [5.41, 5.74) is 2.50. The molecule has 7 nitrogen and oxygen atoms in total. The third-order valence-corrected chi connectivity index (χ3v) is 7.39. The first-order valence-electron chi connectivity index (χ1n) is 13.0. The second-order valence-corrected chi connectivity index (χ2v) is 11.2. The number of hydrogen-bond acceptors (Lipinski definition) is 7. The molecule has 1 heterocycles. The molecule has 4 rings (SSSR count). The zero-order chi connectivity index (χ0) is 29.4. The summed E-state index contributed by atoms with van der Waals surface area (Å²) in [6.45, 7) is 4.04. The first-order valence-corrected chi connectivity index (χ1v) is 14.2. The number of rotatable bonds is 13. The fourth-order valence-electron chi connectivity index (χ4n) is 3.98. The molecule has 3 aromatic rings. The number of ether oxygens (including phenoxy) is 3. The lowest BCUT2D eigenvalue weighted by Gasteiger charge is -2.23. The molecule has 1 N–H and O–H groups in total. The number of benzene rings is 3. The number of thiocarbonyl (C=S) groups is 1. The second-order valence-electron chi connectivity index (χ2n) is 9.49. The number of carboxylic acids is 1. The van der Waals surface area contributed by atoms with Gasteiger partial charge >= 0.3 is 5.97 Å². The molecule has 0 spiro atoms. The van der Waals surface area contributed by atoms with Crippen molar-refractivity contribution >= 4 is 46.3 Å². The zero-order valence-electron chi connectivity index (χ0n) is 22.6. The highest BCUT2D eigenvalue weighted by atomic mass is 32.2. The molecular weight excluding hydrogens is 565 g/mol. The Morgan fingerprint density at radius 1 is 1.07 bits per heavy atom. The monoisotopic (exact) mass is 595 g/mol. The summed E-state index contributed by atoms with van der Waals surface area (Å²) in [6.07, 6.45) is 1.77. The zero-order valence-corrected chi connectivity index (χ0v) is 24.3. The molecule has 0 aliphatic carbocycles. The smallest absolute Gasteiger partial charge is 0.323 e. The number of amides is 1. The minimum absolute atomic E-state index is 0.00435. The van der Waals surface area contributed by atoms with Crippen molar-refractivity contribution in [3.63, 3.8) is 0 Å². The molecule has 1 atom stereocenters. The van der Waals surface area contributed by atoms with E-state index in [4.69, 9.17) is 31.5 Å². The summed E-state index contributed by atoms with van der Waals surface area (Å²) in [7, 11) is 0. The van der Waals surface area contributed by atoms with E-state index in [-0.39, 0.29) is 16.2 Å². The van der Waals surface area contributed by atoms with Gasteiger partial charge in [0.25, 0.3) is 5.91 Å². The summed E-state index contributed by atoms with van der Waals surface area (Å²) in [6, 6.07) is 21.3. The van der Waals surface area contributed by atoms with Crippen LogP contribution >= 0.6 is 24.0 Å². The van der Waals surface area contributed by atoms with Crippen LogP contribution in [0.1, 0.15) is 36.6 Å². The Balaban J connectivity index is 1.61. The standard InChI is InChI=1S/C31H30FNO6S2/c1-20(2)38-19-27(23-6-4-3-5-7-23)39-26-16-22(17-28-30(36)33(18-29(34)35)31(40)41-28)10-13-25(26)37-15-14-21-8-11-24(32)12-9-21/h3-13,16-17,20,27H,14-15,18-19H2,1-2H3,(H,34,35). The lowest BCUT2D eigenvalue weighted by molar-refractivity contribution is -0.140. The normalized spacial score (nSPS) is 15.0. The molecule has 0 saturated carbocycles. The van der Waals surface area contributed by atoms with Crippen molar-refractivity contribution in [3.8, 4) is 11.5 Å². The van der Waals surface area contributed by atoms with E-state index in [1.54, 1.807) is 36.4 Å². The molecule has 1 unspecified atom stereocenters. The van der Waals surface area contributed by atoms with Gasteiger partial charge in [0.2, 0.25) is 0 Å². The highest BCUT2D eigenvalue weighted by Gasteiger charge is 2.33. The maximum Gasteiger partial charge on any atom is 0.323 e. The van der Waals surface area contributed by atoms with Gasteiger partial charge in [0.1, 0.15) is 22.8 Å². The Bertz CT molecular complexity index is 1410. The van der Waals surface area contributed by atoms with Crippen LogP contribution in [0.25, 0.3) is 6.08 Å². The van der Waals surface area contributed by atoms with E-state index in [2.05, 4.69) is 0 Å². The average Bonchev–Trinajstić information content (AvgIpc) is 3.20. The summed E-state index contributed by atoms with van der Waals surface area (Å²) < 4.78 is 32.0. The molecule has 1 aliphatic heterocycles. The van der Waals surface area contributed by atoms with E-state index < -0.39 is 24.5 Å². The topological polar surface area (TPSA) is 85.3 Å². The van der Waals surface area contributed by atoms with Gasteiger partial charge in [-0.2, -0.15) is 0 Å². The molecule has 1 aliphatic rings. The van der Waals surface area contributed by atoms with Crippen LogP contribution in [-0.2, 0) is 20.7 Å². The van der Waals surface area contributed by atoms with Gasteiger partial charge in [-0.3, -0.25) is 14.5 Å².